The Labute approximate surface area is 68.8 Å². The van der Waals surface area contributed by atoms with Gasteiger partial charge in [0.25, 0.3) is 0 Å². The van der Waals surface area contributed by atoms with Gasteiger partial charge < -0.3 is 10.2 Å². The lowest BCUT2D eigenvalue weighted by Gasteiger charge is -2.15. The summed E-state index contributed by atoms with van der Waals surface area (Å²) in [7, 11) is 1.84. The van der Waals surface area contributed by atoms with Gasteiger partial charge in [-0.05, 0) is 13.0 Å². The van der Waals surface area contributed by atoms with Crippen molar-refractivity contribution in [1.29, 1.82) is 0 Å². The molecule has 0 atom stereocenters. The SMILES string of the molecule is CCCN(C)C(=O)CNCC. The molecule has 0 fully saturated rings. The first-order valence-electron chi connectivity index (χ1n) is 4.17. The van der Waals surface area contributed by atoms with Crippen molar-refractivity contribution in [3.05, 3.63) is 0 Å². The minimum Gasteiger partial charge on any atom is -0.345 e. The summed E-state index contributed by atoms with van der Waals surface area (Å²) < 4.78 is 0. The van der Waals surface area contributed by atoms with Crippen LogP contribution in [0.5, 0.6) is 0 Å². The third kappa shape index (κ3) is 4.79. The van der Waals surface area contributed by atoms with Crippen molar-refractivity contribution >= 4 is 5.91 Å². The van der Waals surface area contributed by atoms with Crippen LogP contribution in [-0.4, -0.2) is 37.5 Å². The van der Waals surface area contributed by atoms with Crippen LogP contribution in [0.1, 0.15) is 20.3 Å². The minimum atomic E-state index is 0.175. The van der Waals surface area contributed by atoms with E-state index in [4.69, 9.17) is 0 Å². The van der Waals surface area contributed by atoms with Crippen LogP contribution in [0.3, 0.4) is 0 Å². The number of hydrogen-bond donors (Lipinski definition) is 1. The Morgan fingerprint density at radius 3 is 2.55 bits per heavy atom. The Balaban J connectivity index is 3.47. The summed E-state index contributed by atoms with van der Waals surface area (Å²) in [5.41, 5.74) is 0. The molecule has 0 aromatic heterocycles. The van der Waals surface area contributed by atoms with Crippen LogP contribution < -0.4 is 5.32 Å². The van der Waals surface area contributed by atoms with Crippen molar-refractivity contribution < 1.29 is 4.79 Å². The number of nitrogens with one attached hydrogen (secondary N) is 1. The summed E-state index contributed by atoms with van der Waals surface area (Å²) in [5.74, 6) is 0.175. The lowest BCUT2D eigenvalue weighted by molar-refractivity contribution is -0.128. The van der Waals surface area contributed by atoms with E-state index in [9.17, 15) is 4.79 Å². The maximum atomic E-state index is 11.2. The normalized spacial score (nSPS) is 9.73. The third-order valence-corrected chi connectivity index (χ3v) is 1.51. The first kappa shape index (κ1) is 10.4. The molecule has 0 saturated heterocycles. The average Bonchev–Trinajstić information content (AvgIpc) is 2.00. The van der Waals surface area contributed by atoms with E-state index in [1.54, 1.807) is 4.90 Å². The highest BCUT2D eigenvalue weighted by molar-refractivity contribution is 5.77. The largest absolute Gasteiger partial charge is 0.345 e. The number of hydrogen-bond acceptors (Lipinski definition) is 2. The second-order valence-corrected chi connectivity index (χ2v) is 2.60. The maximum absolute atomic E-state index is 11.2. The summed E-state index contributed by atoms with van der Waals surface area (Å²) >= 11 is 0. The predicted molar refractivity (Wildman–Crippen MR) is 46.5 cm³/mol. The molecule has 3 nitrogen and oxygen atoms in total. The molecule has 0 radical (unpaired) electrons. The summed E-state index contributed by atoms with van der Waals surface area (Å²) in [5, 5.41) is 3.00. The van der Waals surface area contributed by atoms with E-state index in [1.165, 1.54) is 0 Å². The summed E-state index contributed by atoms with van der Waals surface area (Å²) in [4.78, 5) is 12.9. The van der Waals surface area contributed by atoms with E-state index >= 15 is 0 Å². The van der Waals surface area contributed by atoms with Gasteiger partial charge in [-0.3, -0.25) is 4.79 Å². The van der Waals surface area contributed by atoms with Gasteiger partial charge in [0.05, 0.1) is 6.54 Å². The molecule has 0 unspecified atom stereocenters. The fraction of sp³-hybridized carbons (Fsp3) is 0.875. The molecule has 0 aliphatic heterocycles. The standard InChI is InChI=1S/C8H18N2O/c1-4-6-10(3)8(11)7-9-5-2/h9H,4-7H2,1-3H3. The predicted octanol–water partition coefficient (Wildman–Crippen LogP) is 0.464. The van der Waals surface area contributed by atoms with E-state index in [0.29, 0.717) is 6.54 Å². The Morgan fingerprint density at radius 2 is 2.09 bits per heavy atom. The lowest BCUT2D eigenvalue weighted by Crippen LogP contribution is -2.35. The Morgan fingerprint density at radius 1 is 1.45 bits per heavy atom. The smallest absolute Gasteiger partial charge is 0.236 e. The fourth-order valence-electron chi connectivity index (χ4n) is 0.827. The molecular weight excluding hydrogens is 140 g/mol. The van der Waals surface area contributed by atoms with Gasteiger partial charge >= 0.3 is 0 Å². The highest BCUT2D eigenvalue weighted by Gasteiger charge is 2.04. The summed E-state index contributed by atoms with van der Waals surface area (Å²) in [6.45, 7) is 6.23. The molecule has 0 aliphatic rings. The molecule has 66 valence electrons. The van der Waals surface area contributed by atoms with E-state index in [2.05, 4.69) is 12.2 Å². The first-order valence-corrected chi connectivity index (χ1v) is 4.17. The number of carbonyl (C=O) groups excluding carboxylic acids is 1. The Kier molecular flexibility index (Phi) is 5.84. The van der Waals surface area contributed by atoms with Gasteiger partial charge in [-0.15, -0.1) is 0 Å². The van der Waals surface area contributed by atoms with Gasteiger partial charge in [-0.1, -0.05) is 13.8 Å². The van der Waals surface area contributed by atoms with E-state index in [0.717, 1.165) is 19.5 Å². The Hall–Kier alpha value is -0.570. The molecular formula is C8H18N2O. The molecule has 0 aliphatic carbocycles. The number of rotatable bonds is 5. The van der Waals surface area contributed by atoms with E-state index in [-0.39, 0.29) is 5.91 Å². The zero-order valence-corrected chi connectivity index (χ0v) is 7.68. The van der Waals surface area contributed by atoms with Gasteiger partial charge in [0, 0.05) is 13.6 Å². The van der Waals surface area contributed by atoms with Gasteiger partial charge in [0.1, 0.15) is 0 Å². The lowest BCUT2D eigenvalue weighted by atomic mass is 10.4. The number of nitrogens with zero attached hydrogens (tertiary/aromatic N) is 1. The van der Waals surface area contributed by atoms with Gasteiger partial charge in [-0.2, -0.15) is 0 Å². The van der Waals surface area contributed by atoms with Crippen molar-refractivity contribution in [3.8, 4) is 0 Å². The number of carbonyl (C=O) groups is 1. The van der Waals surface area contributed by atoms with Crippen LogP contribution in [0.15, 0.2) is 0 Å². The monoisotopic (exact) mass is 158 g/mol. The van der Waals surface area contributed by atoms with Crippen LogP contribution >= 0.6 is 0 Å². The van der Waals surface area contributed by atoms with Gasteiger partial charge in [0.15, 0.2) is 0 Å². The molecule has 0 saturated carbocycles. The molecule has 1 amide bonds. The van der Waals surface area contributed by atoms with Crippen LogP contribution in [0.4, 0.5) is 0 Å². The van der Waals surface area contributed by atoms with Gasteiger partial charge in [-0.25, -0.2) is 0 Å². The maximum Gasteiger partial charge on any atom is 0.236 e. The van der Waals surface area contributed by atoms with Gasteiger partial charge in [0.2, 0.25) is 5.91 Å². The van der Waals surface area contributed by atoms with Crippen molar-refractivity contribution in [2.45, 2.75) is 20.3 Å². The average molecular weight is 158 g/mol. The fourth-order valence-corrected chi connectivity index (χ4v) is 0.827. The molecule has 0 aromatic rings. The van der Waals surface area contributed by atoms with Crippen LogP contribution in [0.2, 0.25) is 0 Å². The molecule has 1 N–H and O–H groups in total. The van der Waals surface area contributed by atoms with Crippen molar-refractivity contribution in [1.82, 2.24) is 10.2 Å². The molecule has 11 heavy (non-hydrogen) atoms. The molecule has 0 heterocycles. The zero-order valence-electron chi connectivity index (χ0n) is 7.68. The highest BCUT2D eigenvalue weighted by Crippen LogP contribution is 1.86. The Bertz CT molecular complexity index is 115. The van der Waals surface area contributed by atoms with Crippen molar-refractivity contribution in [2.24, 2.45) is 0 Å². The summed E-state index contributed by atoms with van der Waals surface area (Å²) in [6, 6.07) is 0. The molecule has 3 heteroatoms. The topological polar surface area (TPSA) is 32.3 Å². The van der Waals surface area contributed by atoms with E-state index < -0.39 is 0 Å². The van der Waals surface area contributed by atoms with Crippen molar-refractivity contribution in [2.75, 3.05) is 26.7 Å². The number of amides is 1. The second kappa shape index (κ2) is 6.16. The highest BCUT2D eigenvalue weighted by atomic mass is 16.2. The van der Waals surface area contributed by atoms with Crippen LogP contribution in [0, 0.1) is 0 Å². The number of likely N-dealkylation sites (N-methyl/N-ethyl adjacent to an activating group) is 2. The molecule has 0 spiro atoms. The molecule has 0 bridgehead atoms. The minimum absolute atomic E-state index is 0.175. The zero-order chi connectivity index (χ0) is 8.69. The van der Waals surface area contributed by atoms with Crippen LogP contribution in [0.25, 0.3) is 0 Å². The summed E-state index contributed by atoms with van der Waals surface area (Å²) in [6.07, 6.45) is 1.02. The van der Waals surface area contributed by atoms with Crippen molar-refractivity contribution in [3.63, 3.8) is 0 Å². The quantitative estimate of drug-likeness (QED) is 0.630. The molecule has 0 aromatic carbocycles. The molecule has 0 rings (SSSR count). The second-order valence-electron chi connectivity index (χ2n) is 2.60. The first-order chi connectivity index (χ1) is 5.22. The third-order valence-electron chi connectivity index (χ3n) is 1.51. The van der Waals surface area contributed by atoms with Crippen LogP contribution in [-0.2, 0) is 4.79 Å². The van der Waals surface area contributed by atoms with E-state index in [1.807, 2.05) is 14.0 Å².